The van der Waals surface area contributed by atoms with Gasteiger partial charge in [0.25, 0.3) is 0 Å². The van der Waals surface area contributed by atoms with Gasteiger partial charge in [0, 0.05) is 25.2 Å². The van der Waals surface area contributed by atoms with Gasteiger partial charge in [-0.2, -0.15) is 0 Å². The Morgan fingerprint density at radius 1 is 1.19 bits per heavy atom. The molecule has 21 heavy (non-hydrogen) atoms. The van der Waals surface area contributed by atoms with E-state index in [0.717, 1.165) is 18.5 Å². The monoisotopic (exact) mass is 277 g/mol. The molecule has 106 valence electrons. The van der Waals surface area contributed by atoms with Crippen LogP contribution in [0.5, 0.6) is 0 Å². The van der Waals surface area contributed by atoms with E-state index in [4.69, 9.17) is 4.98 Å². The first kappa shape index (κ1) is 12.5. The summed E-state index contributed by atoms with van der Waals surface area (Å²) in [5.41, 5.74) is 6.18. The van der Waals surface area contributed by atoms with Crippen molar-refractivity contribution in [1.29, 1.82) is 0 Å². The summed E-state index contributed by atoms with van der Waals surface area (Å²) < 4.78 is 2.25. The van der Waals surface area contributed by atoms with E-state index in [0.29, 0.717) is 5.92 Å². The van der Waals surface area contributed by atoms with Gasteiger partial charge in [0.1, 0.15) is 5.82 Å². The highest BCUT2D eigenvalue weighted by Gasteiger charge is 2.25. The summed E-state index contributed by atoms with van der Waals surface area (Å²) in [6, 6.07) is 15.1. The highest BCUT2D eigenvalue weighted by atomic mass is 15.1. The van der Waals surface area contributed by atoms with E-state index in [1.165, 1.54) is 28.2 Å². The van der Waals surface area contributed by atoms with Crippen LogP contribution in [0.25, 0.3) is 11.0 Å². The Hall–Kier alpha value is -2.29. The molecule has 0 saturated carbocycles. The standard InChI is InChI=1S/C18H19N3/c1-12-7-8-17-16(11-12)20-18(21(17)2)14-9-10-19-15-6-4-3-5-13(14)15/h3-8,11,14,19H,9-10H2,1-2H3. The lowest BCUT2D eigenvalue weighted by atomic mass is 9.90. The van der Waals surface area contributed by atoms with Crippen molar-refractivity contribution in [2.45, 2.75) is 19.3 Å². The summed E-state index contributed by atoms with van der Waals surface area (Å²) in [7, 11) is 2.13. The zero-order valence-electron chi connectivity index (χ0n) is 12.4. The van der Waals surface area contributed by atoms with Crippen molar-refractivity contribution < 1.29 is 0 Å². The smallest absolute Gasteiger partial charge is 0.117 e. The van der Waals surface area contributed by atoms with Crippen LogP contribution in [0.2, 0.25) is 0 Å². The van der Waals surface area contributed by atoms with Crippen molar-refractivity contribution in [1.82, 2.24) is 9.55 Å². The van der Waals surface area contributed by atoms with Gasteiger partial charge >= 0.3 is 0 Å². The van der Waals surface area contributed by atoms with Crippen LogP contribution in [0.4, 0.5) is 5.69 Å². The molecule has 1 aliphatic rings. The third-order valence-electron chi connectivity index (χ3n) is 4.47. The topological polar surface area (TPSA) is 29.9 Å². The predicted molar refractivity (Wildman–Crippen MR) is 86.8 cm³/mol. The highest BCUT2D eigenvalue weighted by Crippen LogP contribution is 2.36. The summed E-state index contributed by atoms with van der Waals surface area (Å²) in [6.45, 7) is 3.12. The number of rotatable bonds is 1. The quantitative estimate of drug-likeness (QED) is 0.732. The number of hydrogen-bond donors (Lipinski definition) is 1. The number of anilines is 1. The van der Waals surface area contributed by atoms with E-state index >= 15 is 0 Å². The van der Waals surface area contributed by atoms with E-state index in [2.05, 4.69) is 66.3 Å². The van der Waals surface area contributed by atoms with Gasteiger partial charge < -0.3 is 9.88 Å². The molecule has 3 heteroatoms. The van der Waals surface area contributed by atoms with Crippen LogP contribution in [0.3, 0.4) is 0 Å². The third-order valence-corrected chi connectivity index (χ3v) is 4.47. The van der Waals surface area contributed by atoms with Crippen molar-refractivity contribution in [3.8, 4) is 0 Å². The van der Waals surface area contributed by atoms with E-state index in [-0.39, 0.29) is 0 Å². The van der Waals surface area contributed by atoms with Crippen LogP contribution >= 0.6 is 0 Å². The van der Waals surface area contributed by atoms with Crippen molar-refractivity contribution in [2.75, 3.05) is 11.9 Å². The van der Waals surface area contributed by atoms with Gasteiger partial charge in [-0.15, -0.1) is 0 Å². The van der Waals surface area contributed by atoms with Crippen molar-refractivity contribution in [3.63, 3.8) is 0 Å². The minimum Gasteiger partial charge on any atom is -0.385 e. The van der Waals surface area contributed by atoms with E-state index < -0.39 is 0 Å². The molecule has 2 aromatic carbocycles. The molecule has 1 N–H and O–H groups in total. The number of hydrogen-bond acceptors (Lipinski definition) is 2. The Bertz CT molecular complexity index is 816. The molecule has 1 unspecified atom stereocenters. The number of nitrogens with zero attached hydrogens (tertiary/aromatic N) is 2. The molecule has 3 aromatic rings. The van der Waals surface area contributed by atoms with E-state index in [1.807, 2.05) is 0 Å². The van der Waals surface area contributed by atoms with Crippen LogP contribution in [-0.4, -0.2) is 16.1 Å². The predicted octanol–water partition coefficient (Wildman–Crippen LogP) is 3.83. The summed E-state index contributed by atoms with van der Waals surface area (Å²) in [5, 5.41) is 3.49. The van der Waals surface area contributed by atoms with Crippen LogP contribution in [0.1, 0.15) is 29.3 Å². The first-order chi connectivity index (χ1) is 10.2. The lowest BCUT2D eigenvalue weighted by Gasteiger charge is -2.26. The van der Waals surface area contributed by atoms with Crippen LogP contribution in [0, 0.1) is 6.92 Å². The van der Waals surface area contributed by atoms with Gasteiger partial charge in [-0.05, 0) is 42.7 Å². The average molecular weight is 277 g/mol. The first-order valence-electron chi connectivity index (χ1n) is 7.50. The van der Waals surface area contributed by atoms with Crippen molar-refractivity contribution in [2.24, 2.45) is 7.05 Å². The third kappa shape index (κ3) is 1.92. The molecule has 0 spiro atoms. The fourth-order valence-corrected chi connectivity index (χ4v) is 3.38. The van der Waals surface area contributed by atoms with Crippen LogP contribution in [-0.2, 0) is 7.05 Å². The van der Waals surface area contributed by atoms with Gasteiger partial charge in [-0.1, -0.05) is 24.3 Å². The first-order valence-corrected chi connectivity index (χ1v) is 7.50. The van der Waals surface area contributed by atoms with Crippen LogP contribution in [0.15, 0.2) is 42.5 Å². The molecule has 0 aliphatic carbocycles. The number of nitrogens with one attached hydrogen (secondary N) is 1. The Labute approximate surface area is 124 Å². The zero-order valence-corrected chi connectivity index (χ0v) is 12.4. The fourth-order valence-electron chi connectivity index (χ4n) is 3.38. The maximum absolute atomic E-state index is 4.93. The molecule has 0 saturated heterocycles. The average Bonchev–Trinajstić information content (AvgIpc) is 2.83. The minimum atomic E-state index is 0.375. The molecule has 2 heterocycles. The van der Waals surface area contributed by atoms with Gasteiger partial charge in [-0.3, -0.25) is 0 Å². The Kier molecular flexibility index (Phi) is 2.74. The number of imidazole rings is 1. The van der Waals surface area contributed by atoms with Gasteiger partial charge in [0.15, 0.2) is 0 Å². The Balaban J connectivity index is 1.90. The lowest BCUT2D eigenvalue weighted by Crippen LogP contribution is -2.19. The molecule has 3 nitrogen and oxygen atoms in total. The summed E-state index contributed by atoms with van der Waals surface area (Å²) in [6.07, 6.45) is 1.09. The molecule has 0 radical (unpaired) electrons. The van der Waals surface area contributed by atoms with E-state index in [9.17, 15) is 0 Å². The van der Waals surface area contributed by atoms with Crippen LogP contribution < -0.4 is 5.32 Å². The Morgan fingerprint density at radius 3 is 2.95 bits per heavy atom. The Morgan fingerprint density at radius 2 is 2.05 bits per heavy atom. The lowest BCUT2D eigenvalue weighted by molar-refractivity contribution is 0.649. The number of aromatic nitrogens is 2. The molecule has 0 amide bonds. The molecule has 0 bridgehead atoms. The SMILES string of the molecule is Cc1ccc2c(c1)nc(C1CCNc3ccccc31)n2C. The molecule has 0 fully saturated rings. The minimum absolute atomic E-state index is 0.375. The second-order valence-electron chi connectivity index (χ2n) is 5.88. The molecular formula is C18H19N3. The maximum Gasteiger partial charge on any atom is 0.117 e. The number of aryl methyl sites for hydroxylation is 2. The molecular weight excluding hydrogens is 258 g/mol. The summed E-state index contributed by atoms with van der Waals surface area (Å²) >= 11 is 0. The van der Waals surface area contributed by atoms with Crippen molar-refractivity contribution >= 4 is 16.7 Å². The van der Waals surface area contributed by atoms with Gasteiger partial charge in [-0.25, -0.2) is 4.98 Å². The highest BCUT2D eigenvalue weighted by molar-refractivity contribution is 5.77. The van der Waals surface area contributed by atoms with Gasteiger partial charge in [0.2, 0.25) is 0 Å². The molecule has 1 aromatic heterocycles. The molecule has 1 atom stereocenters. The molecule has 4 rings (SSSR count). The summed E-state index contributed by atoms with van der Waals surface area (Å²) in [5.74, 6) is 1.55. The van der Waals surface area contributed by atoms with Crippen molar-refractivity contribution in [3.05, 3.63) is 59.4 Å². The molecule has 1 aliphatic heterocycles. The number of fused-ring (bicyclic) bond motifs is 2. The maximum atomic E-state index is 4.93. The summed E-state index contributed by atoms with van der Waals surface area (Å²) in [4.78, 5) is 4.93. The fraction of sp³-hybridized carbons (Fsp3) is 0.278. The normalized spacial score (nSPS) is 17.5. The zero-order chi connectivity index (χ0) is 14.4. The van der Waals surface area contributed by atoms with Gasteiger partial charge in [0.05, 0.1) is 11.0 Å². The number of para-hydroxylation sites is 1. The largest absolute Gasteiger partial charge is 0.385 e. The number of benzene rings is 2. The second kappa shape index (κ2) is 4.62. The second-order valence-corrected chi connectivity index (χ2v) is 5.88. The van der Waals surface area contributed by atoms with E-state index in [1.54, 1.807) is 0 Å².